The van der Waals surface area contributed by atoms with Crippen molar-refractivity contribution in [1.82, 2.24) is 9.55 Å². The molecule has 1 aromatic heterocycles. The highest BCUT2D eigenvalue weighted by atomic mass is 35.5. The second-order valence-electron chi connectivity index (χ2n) is 7.62. The Labute approximate surface area is 210 Å². The van der Waals surface area contributed by atoms with Crippen molar-refractivity contribution in [2.75, 3.05) is 12.8 Å². The lowest BCUT2D eigenvalue weighted by molar-refractivity contribution is 0.0600. The zero-order valence-corrected chi connectivity index (χ0v) is 21.0. The molecule has 0 unspecified atom stereocenters. The van der Waals surface area contributed by atoms with Crippen LogP contribution in [-0.2, 0) is 18.4 Å². The summed E-state index contributed by atoms with van der Waals surface area (Å²) in [4.78, 5) is 16.4. The number of nitrogen functional groups attached to an aromatic ring is 1. The SMILES string of the molecule is COC(=O)c1cccc(OCc2nc3ccc(Oc4cc(C)c(N)c(C)c4)cc3n2C)c1.Cl.Cl. The quantitative estimate of drug-likeness (QED) is 0.265. The van der Waals surface area contributed by atoms with Crippen molar-refractivity contribution < 1.29 is 19.0 Å². The number of hydrogen-bond donors (Lipinski definition) is 1. The fourth-order valence-corrected chi connectivity index (χ4v) is 3.52. The molecule has 0 aliphatic rings. The van der Waals surface area contributed by atoms with Gasteiger partial charge in [-0.05, 0) is 67.4 Å². The van der Waals surface area contributed by atoms with Crippen LogP contribution in [0.3, 0.4) is 0 Å². The Kier molecular flexibility index (Phi) is 8.79. The van der Waals surface area contributed by atoms with Crippen molar-refractivity contribution in [2.24, 2.45) is 7.05 Å². The molecule has 2 N–H and O–H groups in total. The molecule has 0 radical (unpaired) electrons. The van der Waals surface area contributed by atoms with Crippen LogP contribution in [0.25, 0.3) is 11.0 Å². The lowest BCUT2D eigenvalue weighted by atomic mass is 10.1. The van der Waals surface area contributed by atoms with Gasteiger partial charge < -0.3 is 24.5 Å². The largest absolute Gasteiger partial charge is 0.486 e. The lowest BCUT2D eigenvalue weighted by Gasteiger charge is -2.11. The zero-order valence-electron chi connectivity index (χ0n) is 19.3. The predicted octanol–water partition coefficient (Wildman–Crippen LogP) is 5.77. The molecule has 4 rings (SSSR count). The van der Waals surface area contributed by atoms with Gasteiger partial charge in [-0.3, -0.25) is 0 Å². The van der Waals surface area contributed by atoms with E-state index in [1.807, 2.05) is 55.8 Å². The molecule has 0 bridgehead atoms. The third-order valence-electron chi connectivity index (χ3n) is 5.37. The Morgan fingerprint density at radius 2 is 1.68 bits per heavy atom. The lowest BCUT2D eigenvalue weighted by Crippen LogP contribution is -2.05. The molecule has 0 aliphatic carbocycles. The standard InChI is InChI=1S/C25H25N3O4.2ClH/c1-15-10-20(11-16(2)24(15)26)32-19-8-9-21-22(13-19)28(3)23(27-21)14-31-18-7-5-6-17(12-18)25(29)30-4;;/h5-13H,14,26H2,1-4H3;2*1H. The van der Waals surface area contributed by atoms with Crippen LogP contribution in [0.5, 0.6) is 17.2 Å². The van der Waals surface area contributed by atoms with Crippen molar-refractivity contribution in [3.05, 3.63) is 77.1 Å². The summed E-state index contributed by atoms with van der Waals surface area (Å²) in [7, 11) is 3.28. The number of rotatable bonds is 6. The van der Waals surface area contributed by atoms with Crippen LogP contribution in [0.2, 0.25) is 0 Å². The Bertz CT molecular complexity index is 1300. The van der Waals surface area contributed by atoms with E-state index in [1.165, 1.54) is 7.11 Å². The molecule has 0 spiro atoms. The normalized spacial score (nSPS) is 10.2. The first-order chi connectivity index (χ1) is 15.4. The Hall–Kier alpha value is -3.42. The number of esters is 1. The van der Waals surface area contributed by atoms with Crippen LogP contribution in [0, 0.1) is 13.8 Å². The van der Waals surface area contributed by atoms with Crippen LogP contribution in [0.1, 0.15) is 27.3 Å². The number of ether oxygens (including phenoxy) is 3. The van der Waals surface area contributed by atoms with Gasteiger partial charge in [-0.2, -0.15) is 0 Å². The molecule has 0 fully saturated rings. The molecule has 0 atom stereocenters. The van der Waals surface area contributed by atoms with Gasteiger partial charge in [-0.25, -0.2) is 9.78 Å². The number of imidazole rings is 1. The summed E-state index contributed by atoms with van der Waals surface area (Å²) >= 11 is 0. The second-order valence-corrected chi connectivity index (χ2v) is 7.62. The first kappa shape index (κ1) is 26.8. The summed E-state index contributed by atoms with van der Waals surface area (Å²) in [5, 5.41) is 0. The van der Waals surface area contributed by atoms with Crippen LogP contribution in [-0.4, -0.2) is 22.6 Å². The maximum atomic E-state index is 11.7. The van der Waals surface area contributed by atoms with Gasteiger partial charge in [-0.1, -0.05) is 6.07 Å². The number of anilines is 1. The number of methoxy groups -OCH3 is 1. The van der Waals surface area contributed by atoms with Gasteiger partial charge in [-0.15, -0.1) is 24.8 Å². The smallest absolute Gasteiger partial charge is 0.337 e. The number of nitrogens with zero attached hydrogens (tertiary/aromatic N) is 2. The van der Waals surface area contributed by atoms with Crippen LogP contribution < -0.4 is 15.2 Å². The highest BCUT2D eigenvalue weighted by molar-refractivity contribution is 5.89. The maximum absolute atomic E-state index is 11.7. The minimum Gasteiger partial charge on any atom is -0.486 e. The average Bonchev–Trinajstić information content (AvgIpc) is 3.10. The summed E-state index contributed by atoms with van der Waals surface area (Å²) in [5.74, 6) is 2.36. The van der Waals surface area contributed by atoms with Gasteiger partial charge in [0.2, 0.25) is 0 Å². The number of nitrogens with two attached hydrogens (primary N) is 1. The van der Waals surface area contributed by atoms with Crippen LogP contribution in [0.4, 0.5) is 5.69 Å². The molecule has 0 aliphatic heterocycles. The van der Waals surface area contributed by atoms with Crippen molar-refractivity contribution in [3.8, 4) is 17.2 Å². The Morgan fingerprint density at radius 3 is 2.35 bits per heavy atom. The van der Waals surface area contributed by atoms with E-state index in [0.29, 0.717) is 17.1 Å². The summed E-state index contributed by atoms with van der Waals surface area (Å²) in [5.41, 5.74) is 11.0. The second kappa shape index (κ2) is 11.1. The molecule has 7 nitrogen and oxygen atoms in total. The highest BCUT2D eigenvalue weighted by Crippen LogP contribution is 2.30. The molecule has 34 heavy (non-hydrogen) atoms. The van der Waals surface area contributed by atoms with Gasteiger partial charge in [0.15, 0.2) is 0 Å². The van der Waals surface area contributed by atoms with Crippen LogP contribution in [0.15, 0.2) is 54.6 Å². The molecular weight excluding hydrogens is 477 g/mol. The van der Waals surface area contributed by atoms with Gasteiger partial charge >= 0.3 is 5.97 Å². The van der Waals surface area contributed by atoms with Crippen molar-refractivity contribution in [2.45, 2.75) is 20.5 Å². The van der Waals surface area contributed by atoms with E-state index >= 15 is 0 Å². The van der Waals surface area contributed by atoms with E-state index in [2.05, 4.69) is 4.98 Å². The van der Waals surface area contributed by atoms with E-state index in [0.717, 1.165) is 39.4 Å². The monoisotopic (exact) mass is 503 g/mol. The minimum absolute atomic E-state index is 0. The maximum Gasteiger partial charge on any atom is 0.337 e. The molecule has 3 aromatic carbocycles. The average molecular weight is 504 g/mol. The topological polar surface area (TPSA) is 88.6 Å². The molecule has 1 heterocycles. The zero-order chi connectivity index (χ0) is 22.8. The third kappa shape index (κ3) is 5.55. The van der Waals surface area contributed by atoms with E-state index in [1.54, 1.807) is 24.3 Å². The Morgan fingerprint density at radius 1 is 0.971 bits per heavy atom. The van der Waals surface area contributed by atoms with Gasteiger partial charge in [0.25, 0.3) is 0 Å². The predicted molar refractivity (Wildman–Crippen MR) is 138 cm³/mol. The number of carbonyl (C=O) groups excluding carboxylic acids is 1. The van der Waals surface area contributed by atoms with Crippen molar-refractivity contribution in [3.63, 3.8) is 0 Å². The molecule has 4 aromatic rings. The molecule has 0 saturated heterocycles. The van der Waals surface area contributed by atoms with E-state index in [9.17, 15) is 4.79 Å². The molecule has 180 valence electrons. The first-order valence-corrected chi connectivity index (χ1v) is 10.2. The number of carbonyl (C=O) groups is 1. The molecule has 9 heteroatoms. The molecule has 0 amide bonds. The summed E-state index contributed by atoms with van der Waals surface area (Å²) in [6, 6.07) is 16.5. The van der Waals surface area contributed by atoms with Gasteiger partial charge in [0.05, 0.1) is 23.7 Å². The third-order valence-corrected chi connectivity index (χ3v) is 5.37. The van der Waals surface area contributed by atoms with E-state index in [4.69, 9.17) is 19.9 Å². The number of fused-ring (bicyclic) bond motifs is 1. The van der Waals surface area contributed by atoms with E-state index in [-0.39, 0.29) is 31.4 Å². The summed E-state index contributed by atoms with van der Waals surface area (Å²) in [6.45, 7) is 4.18. The number of halogens is 2. The first-order valence-electron chi connectivity index (χ1n) is 10.2. The van der Waals surface area contributed by atoms with Gasteiger partial charge in [0.1, 0.15) is 29.7 Å². The van der Waals surface area contributed by atoms with Gasteiger partial charge in [0, 0.05) is 18.8 Å². The van der Waals surface area contributed by atoms with Crippen molar-refractivity contribution in [1.29, 1.82) is 0 Å². The van der Waals surface area contributed by atoms with Crippen LogP contribution >= 0.6 is 24.8 Å². The highest BCUT2D eigenvalue weighted by Gasteiger charge is 2.12. The number of aryl methyl sites for hydroxylation is 3. The fraction of sp³-hybridized carbons (Fsp3) is 0.200. The van der Waals surface area contributed by atoms with E-state index < -0.39 is 5.97 Å². The number of benzene rings is 3. The number of aromatic nitrogens is 2. The Balaban J connectivity index is 0.00000204. The summed E-state index contributed by atoms with van der Waals surface area (Å²) < 4.78 is 18.7. The van der Waals surface area contributed by atoms with Crippen molar-refractivity contribution >= 4 is 47.5 Å². The number of hydrogen-bond acceptors (Lipinski definition) is 6. The minimum atomic E-state index is -0.405. The molecule has 0 saturated carbocycles. The summed E-state index contributed by atoms with van der Waals surface area (Å²) in [6.07, 6.45) is 0. The fourth-order valence-electron chi connectivity index (χ4n) is 3.52. The molecular formula is C25H27Cl2N3O4.